The van der Waals surface area contributed by atoms with Gasteiger partial charge in [0, 0.05) is 12.1 Å². The highest BCUT2D eigenvalue weighted by Crippen LogP contribution is 2.26. The number of hydrogen-bond donors (Lipinski definition) is 2. The molecule has 29 heavy (non-hydrogen) atoms. The van der Waals surface area contributed by atoms with Crippen molar-refractivity contribution < 1.29 is 18.0 Å². The number of rotatable bonds is 7. The molecule has 1 aromatic heterocycles. The molecule has 5 nitrogen and oxygen atoms in total. The first kappa shape index (κ1) is 21.2. The van der Waals surface area contributed by atoms with Crippen LogP contribution in [0.15, 0.2) is 28.8 Å². The van der Waals surface area contributed by atoms with E-state index in [0.29, 0.717) is 42.6 Å². The molecule has 2 N–H and O–H groups in total. The molecule has 156 valence electrons. The Kier molecular flexibility index (Phi) is 6.79. The first-order chi connectivity index (χ1) is 13.9. The molecule has 0 aliphatic heterocycles. The largest absolute Gasteiger partial charge is 0.424 e. The van der Waals surface area contributed by atoms with Crippen molar-refractivity contribution in [3.05, 3.63) is 52.9 Å². The van der Waals surface area contributed by atoms with Crippen LogP contribution in [-0.4, -0.2) is 23.0 Å². The zero-order chi connectivity index (χ0) is 21.0. The summed E-state index contributed by atoms with van der Waals surface area (Å²) in [5, 5.41) is 6.07. The van der Waals surface area contributed by atoms with Gasteiger partial charge in [-0.2, -0.15) is 0 Å². The molecule has 0 fully saturated rings. The van der Waals surface area contributed by atoms with Gasteiger partial charge < -0.3 is 9.73 Å². The fourth-order valence-corrected chi connectivity index (χ4v) is 3.64. The minimum absolute atomic E-state index is 0.0600. The van der Waals surface area contributed by atoms with Gasteiger partial charge in [0.2, 0.25) is 5.91 Å². The van der Waals surface area contributed by atoms with Gasteiger partial charge in [0.15, 0.2) is 5.76 Å². The van der Waals surface area contributed by atoms with Crippen LogP contribution < -0.4 is 10.6 Å². The van der Waals surface area contributed by atoms with Gasteiger partial charge in [0.1, 0.15) is 11.6 Å². The minimum Gasteiger partial charge on any atom is -0.424 e. The van der Waals surface area contributed by atoms with E-state index in [2.05, 4.69) is 15.6 Å². The quantitative estimate of drug-likeness (QED) is 0.707. The van der Waals surface area contributed by atoms with Crippen molar-refractivity contribution in [2.75, 3.05) is 5.32 Å². The van der Waals surface area contributed by atoms with Gasteiger partial charge in [-0.05, 0) is 62.3 Å². The van der Waals surface area contributed by atoms with Crippen LogP contribution in [0, 0.1) is 11.6 Å². The Labute approximate surface area is 169 Å². The highest BCUT2D eigenvalue weighted by atomic mass is 19.1. The number of amides is 1. The molecule has 0 spiro atoms. The number of allylic oxidation sites excluding steroid dienone is 2. The number of aromatic nitrogens is 1. The van der Waals surface area contributed by atoms with Gasteiger partial charge in [-0.1, -0.05) is 19.4 Å². The van der Waals surface area contributed by atoms with Gasteiger partial charge in [0.05, 0.1) is 12.2 Å². The summed E-state index contributed by atoms with van der Waals surface area (Å²) in [6.45, 7) is 5.80. The number of fused-ring (bicyclic) bond motifs is 1. The number of nitrogens with one attached hydrogen (secondary N) is 2. The highest BCUT2D eigenvalue weighted by Gasteiger charge is 2.27. The van der Waals surface area contributed by atoms with Gasteiger partial charge in [-0.3, -0.25) is 10.1 Å². The van der Waals surface area contributed by atoms with E-state index in [1.807, 2.05) is 26.8 Å². The maximum atomic E-state index is 14.2. The molecule has 1 unspecified atom stereocenters. The van der Waals surface area contributed by atoms with Crippen molar-refractivity contribution in [3.8, 4) is 0 Å². The Morgan fingerprint density at radius 1 is 1.41 bits per heavy atom. The predicted octanol–water partition coefficient (Wildman–Crippen LogP) is 4.63. The van der Waals surface area contributed by atoms with Crippen LogP contribution in [-0.2, 0) is 17.6 Å². The van der Waals surface area contributed by atoms with Crippen molar-refractivity contribution in [1.82, 2.24) is 10.3 Å². The van der Waals surface area contributed by atoms with Crippen molar-refractivity contribution in [1.29, 1.82) is 0 Å². The standard InChI is InChI=1S/C22H27F2N3O2/c1-4-6-19(21(28)27-22-25-12-20(29-22)13(3)5-2)26-16-8-7-14-9-15(23)10-18(24)17(14)11-16/h5,9-10,12,16,19,26H,4,6-8,11H2,1-3H3,(H,25,27,28)/b13-5-/t16?,19-/m0/s1. The molecule has 2 aromatic rings. The van der Waals surface area contributed by atoms with Gasteiger partial charge >= 0.3 is 6.01 Å². The molecular formula is C22H27F2N3O2. The highest BCUT2D eigenvalue weighted by molar-refractivity contribution is 5.93. The monoisotopic (exact) mass is 403 g/mol. The molecule has 0 saturated carbocycles. The van der Waals surface area contributed by atoms with Crippen LogP contribution >= 0.6 is 0 Å². The van der Waals surface area contributed by atoms with E-state index in [0.717, 1.165) is 18.1 Å². The number of anilines is 1. The smallest absolute Gasteiger partial charge is 0.301 e. The Morgan fingerprint density at radius 2 is 2.21 bits per heavy atom. The summed E-state index contributed by atoms with van der Waals surface area (Å²) < 4.78 is 33.2. The molecule has 3 rings (SSSR count). The molecule has 1 aliphatic rings. The maximum absolute atomic E-state index is 14.2. The summed E-state index contributed by atoms with van der Waals surface area (Å²) in [5.74, 6) is -0.692. The molecule has 7 heteroatoms. The fourth-order valence-electron chi connectivity index (χ4n) is 3.64. The number of oxazole rings is 1. The molecule has 0 radical (unpaired) electrons. The zero-order valence-electron chi connectivity index (χ0n) is 17.0. The van der Waals surface area contributed by atoms with E-state index in [1.54, 1.807) is 6.20 Å². The maximum Gasteiger partial charge on any atom is 0.301 e. The lowest BCUT2D eigenvalue weighted by molar-refractivity contribution is -0.118. The first-order valence-electron chi connectivity index (χ1n) is 10.0. The second-order valence-electron chi connectivity index (χ2n) is 7.46. The summed E-state index contributed by atoms with van der Waals surface area (Å²) in [6, 6.07) is 1.97. The number of nitrogens with zero attached hydrogens (tertiary/aromatic N) is 1. The van der Waals surface area contributed by atoms with Crippen LogP contribution in [0.4, 0.5) is 14.8 Å². The van der Waals surface area contributed by atoms with E-state index in [9.17, 15) is 13.6 Å². The van der Waals surface area contributed by atoms with Crippen LogP contribution in [0.2, 0.25) is 0 Å². The number of hydrogen-bond acceptors (Lipinski definition) is 4. The molecule has 0 bridgehead atoms. The molecule has 1 amide bonds. The Balaban J connectivity index is 1.66. The van der Waals surface area contributed by atoms with Crippen LogP contribution in [0.25, 0.3) is 5.57 Å². The summed E-state index contributed by atoms with van der Waals surface area (Å²) in [7, 11) is 0. The average molecular weight is 403 g/mol. The molecule has 1 aliphatic carbocycles. The third-order valence-electron chi connectivity index (χ3n) is 5.35. The lowest BCUT2D eigenvalue weighted by Gasteiger charge is -2.29. The van der Waals surface area contributed by atoms with E-state index >= 15 is 0 Å². The van der Waals surface area contributed by atoms with Gasteiger partial charge in [-0.15, -0.1) is 0 Å². The summed E-state index contributed by atoms with van der Waals surface area (Å²) in [4.78, 5) is 16.9. The predicted molar refractivity (Wildman–Crippen MR) is 108 cm³/mol. The first-order valence-corrected chi connectivity index (χ1v) is 10.0. The van der Waals surface area contributed by atoms with E-state index in [-0.39, 0.29) is 18.0 Å². The third-order valence-corrected chi connectivity index (χ3v) is 5.35. The van der Waals surface area contributed by atoms with Gasteiger partial charge in [0.25, 0.3) is 0 Å². The summed E-state index contributed by atoms with van der Waals surface area (Å²) in [6.07, 6.45) is 6.64. The second kappa shape index (κ2) is 9.31. The molecular weight excluding hydrogens is 376 g/mol. The zero-order valence-corrected chi connectivity index (χ0v) is 17.0. The van der Waals surface area contributed by atoms with Crippen molar-refractivity contribution in [2.45, 2.75) is 65.0 Å². The van der Waals surface area contributed by atoms with E-state index < -0.39 is 17.7 Å². The summed E-state index contributed by atoms with van der Waals surface area (Å²) in [5.41, 5.74) is 2.18. The number of halogens is 2. The SMILES string of the molecule is C/C=C(/C)c1cnc(NC(=O)[C@H](CCC)NC2CCc3cc(F)cc(F)c3C2)o1. The average Bonchev–Trinajstić information content (AvgIpc) is 3.15. The third kappa shape index (κ3) is 5.09. The van der Waals surface area contributed by atoms with Crippen molar-refractivity contribution in [2.24, 2.45) is 0 Å². The van der Waals surface area contributed by atoms with Crippen LogP contribution in [0.5, 0.6) is 0 Å². The number of carbonyl (C=O) groups is 1. The molecule has 0 saturated heterocycles. The minimum atomic E-state index is -0.547. The number of aryl methyl sites for hydroxylation is 1. The molecule has 1 heterocycles. The topological polar surface area (TPSA) is 67.2 Å². The Morgan fingerprint density at radius 3 is 2.93 bits per heavy atom. The normalized spacial score (nSPS) is 17.7. The van der Waals surface area contributed by atoms with Crippen LogP contribution in [0.3, 0.4) is 0 Å². The van der Waals surface area contributed by atoms with Gasteiger partial charge in [-0.25, -0.2) is 13.8 Å². The number of benzene rings is 1. The van der Waals surface area contributed by atoms with E-state index in [4.69, 9.17) is 4.42 Å². The lowest BCUT2D eigenvalue weighted by Crippen LogP contribution is -2.48. The number of carbonyl (C=O) groups excluding carboxylic acids is 1. The van der Waals surface area contributed by atoms with Crippen molar-refractivity contribution in [3.63, 3.8) is 0 Å². The Hall–Kier alpha value is -2.54. The molecule has 1 aromatic carbocycles. The molecule has 2 atom stereocenters. The van der Waals surface area contributed by atoms with Crippen LogP contribution in [0.1, 0.15) is 56.9 Å². The fraction of sp³-hybridized carbons (Fsp3) is 0.455. The lowest BCUT2D eigenvalue weighted by atomic mass is 9.87. The van der Waals surface area contributed by atoms with E-state index in [1.165, 1.54) is 6.07 Å². The summed E-state index contributed by atoms with van der Waals surface area (Å²) >= 11 is 0. The Bertz CT molecular complexity index is 907. The van der Waals surface area contributed by atoms with Crippen molar-refractivity contribution >= 4 is 17.5 Å². The second-order valence-corrected chi connectivity index (χ2v) is 7.46.